The van der Waals surface area contributed by atoms with Crippen molar-refractivity contribution in [1.82, 2.24) is 10.6 Å². The Labute approximate surface area is 75.9 Å². The van der Waals surface area contributed by atoms with Gasteiger partial charge in [-0.1, -0.05) is 0 Å². The van der Waals surface area contributed by atoms with Gasteiger partial charge in [-0.15, -0.1) is 9.24 Å². The summed E-state index contributed by atoms with van der Waals surface area (Å²) in [5.74, 6) is -0.0229. The second-order valence-corrected chi connectivity index (χ2v) is 4.26. The van der Waals surface area contributed by atoms with Crippen LogP contribution >= 0.6 is 9.24 Å². The molecule has 0 aliphatic heterocycles. The second kappa shape index (κ2) is 5.46. The van der Waals surface area contributed by atoms with E-state index in [4.69, 9.17) is 5.73 Å². The monoisotopic (exact) mass is 191 g/mol. The Morgan fingerprint density at radius 1 is 1.58 bits per heavy atom. The maximum Gasteiger partial charge on any atom is 0.231 e. The third kappa shape index (κ3) is 4.00. The molecule has 0 rings (SSSR count). The average molecular weight is 191 g/mol. The van der Waals surface area contributed by atoms with Gasteiger partial charge in [0.25, 0.3) is 0 Å². The minimum Gasteiger partial charge on any atom is -0.354 e. The minimum absolute atomic E-state index is 0.0229. The number of amides is 1. The lowest BCUT2D eigenvalue weighted by Crippen LogP contribution is -2.46. The molecular weight excluding hydrogens is 173 g/mol. The van der Waals surface area contributed by atoms with Crippen LogP contribution in [0.3, 0.4) is 0 Å². The third-order valence-electron chi connectivity index (χ3n) is 1.60. The topological polar surface area (TPSA) is 67.1 Å². The summed E-state index contributed by atoms with van der Waals surface area (Å²) in [5.41, 5.74) is 5.41. The lowest BCUT2D eigenvalue weighted by atomic mass is 10.1. The molecule has 4 N–H and O–H groups in total. The van der Waals surface area contributed by atoms with E-state index >= 15 is 0 Å². The zero-order valence-electron chi connectivity index (χ0n) is 7.68. The van der Waals surface area contributed by atoms with E-state index in [-0.39, 0.29) is 5.91 Å². The molecule has 1 amide bonds. The predicted molar refractivity (Wildman–Crippen MR) is 54.1 cm³/mol. The van der Waals surface area contributed by atoms with Crippen LogP contribution in [0.4, 0.5) is 0 Å². The van der Waals surface area contributed by atoms with Gasteiger partial charge in [-0.3, -0.25) is 4.79 Å². The van der Waals surface area contributed by atoms with Gasteiger partial charge in [-0.05, 0) is 14.0 Å². The fourth-order valence-electron chi connectivity index (χ4n) is 0.596. The standard InChI is InChI=1S/C7H18N3OP/c1-7(12,5-8)6(11)10-4-3-9-2/h9H,3-5,8,12H2,1-2H3,(H,10,11). The van der Waals surface area contributed by atoms with E-state index < -0.39 is 5.16 Å². The van der Waals surface area contributed by atoms with E-state index in [1.165, 1.54) is 0 Å². The quantitative estimate of drug-likeness (QED) is 0.382. The highest BCUT2D eigenvalue weighted by atomic mass is 31.0. The molecule has 0 heterocycles. The molecule has 2 unspecified atom stereocenters. The number of hydrogen-bond acceptors (Lipinski definition) is 3. The summed E-state index contributed by atoms with van der Waals surface area (Å²) in [6, 6.07) is 0. The van der Waals surface area contributed by atoms with E-state index in [2.05, 4.69) is 19.9 Å². The predicted octanol–water partition coefficient (Wildman–Crippen LogP) is -1.09. The molecule has 2 atom stereocenters. The van der Waals surface area contributed by atoms with Gasteiger partial charge in [0.2, 0.25) is 5.91 Å². The summed E-state index contributed by atoms with van der Waals surface area (Å²) in [5, 5.41) is 5.18. The van der Waals surface area contributed by atoms with Crippen molar-refractivity contribution in [2.75, 3.05) is 26.7 Å². The fraction of sp³-hybridized carbons (Fsp3) is 0.857. The number of likely N-dealkylation sites (N-methyl/N-ethyl adjacent to an activating group) is 1. The first-order valence-electron chi connectivity index (χ1n) is 3.96. The maximum absolute atomic E-state index is 11.3. The molecule has 72 valence electrons. The van der Waals surface area contributed by atoms with E-state index in [0.717, 1.165) is 6.54 Å². The van der Waals surface area contributed by atoms with Crippen LogP contribution in [0, 0.1) is 0 Å². The molecular formula is C7H18N3OP. The third-order valence-corrected chi connectivity index (χ3v) is 2.10. The van der Waals surface area contributed by atoms with Crippen LogP contribution in [0.25, 0.3) is 0 Å². The molecule has 0 aromatic carbocycles. The van der Waals surface area contributed by atoms with Gasteiger partial charge in [-0.2, -0.15) is 0 Å². The molecule has 5 heteroatoms. The van der Waals surface area contributed by atoms with Crippen LogP contribution in [0.1, 0.15) is 6.92 Å². The Hall–Kier alpha value is -0.180. The van der Waals surface area contributed by atoms with Crippen molar-refractivity contribution in [2.45, 2.75) is 12.1 Å². The lowest BCUT2D eigenvalue weighted by molar-refractivity contribution is -0.122. The summed E-state index contributed by atoms with van der Waals surface area (Å²) < 4.78 is 0. The van der Waals surface area contributed by atoms with Crippen LogP contribution in [-0.4, -0.2) is 37.7 Å². The Kier molecular flexibility index (Phi) is 5.38. The first-order valence-corrected chi connectivity index (χ1v) is 4.54. The number of rotatable bonds is 5. The Morgan fingerprint density at radius 3 is 2.58 bits per heavy atom. The molecule has 12 heavy (non-hydrogen) atoms. The summed E-state index contributed by atoms with van der Waals surface area (Å²) in [6.45, 7) is 3.55. The molecule has 0 saturated heterocycles. The SMILES string of the molecule is CNCCNC(=O)C(C)(P)CN. The van der Waals surface area contributed by atoms with Crippen LogP contribution in [-0.2, 0) is 4.79 Å². The van der Waals surface area contributed by atoms with Gasteiger partial charge in [0.05, 0.1) is 5.16 Å². The Bertz CT molecular complexity index is 150. The van der Waals surface area contributed by atoms with Crippen molar-refractivity contribution >= 4 is 15.1 Å². The lowest BCUT2D eigenvalue weighted by Gasteiger charge is -2.20. The summed E-state index contributed by atoms with van der Waals surface area (Å²) in [7, 11) is 4.30. The van der Waals surface area contributed by atoms with Gasteiger partial charge in [0.1, 0.15) is 0 Å². The van der Waals surface area contributed by atoms with Crippen molar-refractivity contribution in [3.63, 3.8) is 0 Å². The molecule has 0 aliphatic rings. The highest BCUT2D eigenvalue weighted by Gasteiger charge is 2.25. The molecule has 0 spiro atoms. The van der Waals surface area contributed by atoms with Crippen LogP contribution in [0.2, 0.25) is 0 Å². The van der Waals surface area contributed by atoms with E-state index in [1.54, 1.807) is 6.92 Å². The zero-order chi connectivity index (χ0) is 9.61. The number of nitrogens with two attached hydrogens (primary N) is 1. The summed E-state index contributed by atoms with van der Waals surface area (Å²) >= 11 is 0. The summed E-state index contributed by atoms with van der Waals surface area (Å²) in [4.78, 5) is 11.3. The van der Waals surface area contributed by atoms with E-state index in [9.17, 15) is 4.79 Å². The molecule has 0 saturated carbocycles. The molecule has 4 nitrogen and oxygen atoms in total. The van der Waals surface area contributed by atoms with Crippen LogP contribution < -0.4 is 16.4 Å². The van der Waals surface area contributed by atoms with E-state index in [1.807, 2.05) is 7.05 Å². The van der Waals surface area contributed by atoms with Gasteiger partial charge in [0.15, 0.2) is 0 Å². The number of nitrogens with one attached hydrogen (secondary N) is 2. The Balaban J connectivity index is 3.72. The average Bonchev–Trinajstić information content (AvgIpc) is 2.05. The van der Waals surface area contributed by atoms with Gasteiger partial charge < -0.3 is 16.4 Å². The molecule has 0 radical (unpaired) electrons. The first kappa shape index (κ1) is 11.8. The molecule has 0 fully saturated rings. The number of hydrogen-bond donors (Lipinski definition) is 3. The molecule has 0 aromatic rings. The zero-order valence-corrected chi connectivity index (χ0v) is 8.84. The molecule has 0 aliphatic carbocycles. The van der Waals surface area contributed by atoms with Crippen molar-refractivity contribution in [2.24, 2.45) is 5.73 Å². The number of carbonyl (C=O) groups excluding carboxylic acids is 1. The normalized spacial score (nSPS) is 15.3. The first-order chi connectivity index (χ1) is 5.54. The van der Waals surface area contributed by atoms with Crippen molar-refractivity contribution in [3.05, 3.63) is 0 Å². The smallest absolute Gasteiger partial charge is 0.231 e. The molecule has 0 bridgehead atoms. The fourth-order valence-corrected chi connectivity index (χ4v) is 0.698. The van der Waals surface area contributed by atoms with Gasteiger partial charge in [-0.25, -0.2) is 0 Å². The Morgan fingerprint density at radius 2 is 2.17 bits per heavy atom. The molecule has 0 aromatic heterocycles. The van der Waals surface area contributed by atoms with Gasteiger partial charge >= 0.3 is 0 Å². The van der Waals surface area contributed by atoms with Crippen LogP contribution in [0.15, 0.2) is 0 Å². The summed E-state index contributed by atoms with van der Waals surface area (Å²) in [6.07, 6.45) is 0. The van der Waals surface area contributed by atoms with Crippen molar-refractivity contribution < 1.29 is 4.79 Å². The van der Waals surface area contributed by atoms with Crippen LogP contribution in [0.5, 0.6) is 0 Å². The maximum atomic E-state index is 11.3. The minimum atomic E-state index is -0.534. The largest absolute Gasteiger partial charge is 0.354 e. The van der Waals surface area contributed by atoms with E-state index in [0.29, 0.717) is 13.1 Å². The van der Waals surface area contributed by atoms with Crippen molar-refractivity contribution in [1.29, 1.82) is 0 Å². The highest BCUT2D eigenvalue weighted by Crippen LogP contribution is 2.14. The van der Waals surface area contributed by atoms with Crippen molar-refractivity contribution in [3.8, 4) is 0 Å². The number of carbonyl (C=O) groups is 1. The van der Waals surface area contributed by atoms with Gasteiger partial charge in [0, 0.05) is 19.6 Å². The highest BCUT2D eigenvalue weighted by molar-refractivity contribution is 7.21. The second-order valence-electron chi connectivity index (χ2n) is 2.98.